The van der Waals surface area contributed by atoms with Crippen LogP contribution in [0.4, 0.5) is 0 Å². The Balaban J connectivity index is 1.43. The summed E-state index contributed by atoms with van der Waals surface area (Å²) in [5, 5.41) is 10.9. The van der Waals surface area contributed by atoms with Crippen LogP contribution < -0.4 is 0 Å². The minimum atomic E-state index is -3.41. The average molecular weight is 390 g/mol. The minimum Gasteiger partial charge on any atom is -0.206 e. The van der Waals surface area contributed by atoms with Gasteiger partial charge in [-0.05, 0) is 37.8 Å². The molecule has 2 aliphatic rings. The molecule has 1 aliphatic heterocycles. The molecule has 0 radical (unpaired) electrons. The van der Waals surface area contributed by atoms with Gasteiger partial charge in [0.05, 0.1) is 4.34 Å². The van der Waals surface area contributed by atoms with Gasteiger partial charge in [0.2, 0.25) is 0 Å². The normalized spacial score (nSPS) is 20.9. The number of nitrogens with zero attached hydrogens (tertiary/aromatic N) is 3. The number of hydrogen-bond donors (Lipinski definition) is 0. The van der Waals surface area contributed by atoms with Gasteiger partial charge in [-0.1, -0.05) is 11.6 Å². The molecule has 2 aromatic heterocycles. The Labute approximate surface area is 148 Å². The molecule has 2 aromatic rings. The zero-order valence-electron chi connectivity index (χ0n) is 12.3. The molecule has 2 fully saturated rings. The van der Waals surface area contributed by atoms with Crippen molar-refractivity contribution in [2.75, 3.05) is 13.1 Å². The van der Waals surface area contributed by atoms with Crippen LogP contribution in [0.25, 0.3) is 0 Å². The van der Waals surface area contributed by atoms with Crippen molar-refractivity contribution in [3.05, 3.63) is 26.5 Å². The Morgan fingerprint density at radius 2 is 1.61 bits per heavy atom. The third-order valence-corrected chi connectivity index (χ3v) is 9.17. The van der Waals surface area contributed by atoms with E-state index in [1.165, 1.54) is 12.8 Å². The molecule has 5 nitrogen and oxygen atoms in total. The van der Waals surface area contributed by atoms with E-state index in [0.717, 1.165) is 34.2 Å². The van der Waals surface area contributed by atoms with Crippen LogP contribution in [-0.2, 0) is 10.0 Å². The number of hydrogen-bond acceptors (Lipinski definition) is 6. The Morgan fingerprint density at radius 3 is 2.13 bits per heavy atom. The van der Waals surface area contributed by atoms with Crippen LogP contribution in [0.1, 0.15) is 47.5 Å². The quantitative estimate of drug-likeness (QED) is 0.799. The standard InChI is InChI=1S/C14H16ClN3O2S3/c15-11-3-4-12(21-11)23(19,20)18-7-5-10(6-8-18)14-17-16-13(22-14)9-1-2-9/h3-4,9-10H,1-2,5-8H2. The Kier molecular flexibility index (Phi) is 4.21. The molecule has 0 atom stereocenters. The van der Waals surface area contributed by atoms with E-state index in [0.29, 0.717) is 33.5 Å². The summed E-state index contributed by atoms with van der Waals surface area (Å²) in [6, 6.07) is 3.22. The van der Waals surface area contributed by atoms with Gasteiger partial charge in [0, 0.05) is 24.9 Å². The fourth-order valence-electron chi connectivity index (χ4n) is 2.81. The lowest BCUT2D eigenvalue weighted by molar-refractivity contribution is 0.319. The highest BCUT2D eigenvalue weighted by atomic mass is 35.5. The lowest BCUT2D eigenvalue weighted by atomic mass is 9.99. The molecule has 124 valence electrons. The number of halogens is 1. The van der Waals surface area contributed by atoms with Crippen LogP contribution >= 0.6 is 34.3 Å². The maximum absolute atomic E-state index is 12.6. The van der Waals surface area contributed by atoms with E-state index in [4.69, 9.17) is 11.6 Å². The number of thiophene rings is 1. The highest BCUT2D eigenvalue weighted by Gasteiger charge is 2.33. The molecule has 1 saturated heterocycles. The molecule has 0 unspecified atom stereocenters. The molecule has 0 aromatic carbocycles. The largest absolute Gasteiger partial charge is 0.252 e. The number of aromatic nitrogens is 2. The van der Waals surface area contributed by atoms with E-state index in [-0.39, 0.29) is 0 Å². The highest BCUT2D eigenvalue weighted by Crippen LogP contribution is 2.43. The predicted octanol–water partition coefficient (Wildman–Crippen LogP) is 3.70. The molecule has 0 N–H and O–H groups in total. The van der Waals surface area contributed by atoms with Gasteiger partial charge in [-0.25, -0.2) is 8.42 Å². The predicted molar refractivity (Wildman–Crippen MR) is 91.9 cm³/mol. The number of rotatable bonds is 4. The smallest absolute Gasteiger partial charge is 0.206 e. The zero-order chi connectivity index (χ0) is 16.0. The van der Waals surface area contributed by atoms with E-state index in [9.17, 15) is 8.42 Å². The number of sulfonamides is 1. The van der Waals surface area contributed by atoms with Crippen molar-refractivity contribution in [1.82, 2.24) is 14.5 Å². The molecule has 0 bridgehead atoms. The summed E-state index contributed by atoms with van der Waals surface area (Å²) >= 11 is 8.69. The molecular weight excluding hydrogens is 374 g/mol. The van der Waals surface area contributed by atoms with Gasteiger partial charge in [0.15, 0.2) is 0 Å². The van der Waals surface area contributed by atoms with Crippen molar-refractivity contribution in [1.29, 1.82) is 0 Å². The van der Waals surface area contributed by atoms with Gasteiger partial charge in [-0.2, -0.15) is 4.31 Å². The molecule has 1 saturated carbocycles. The first-order valence-corrected chi connectivity index (χ1v) is 11.1. The summed E-state index contributed by atoms with van der Waals surface area (Å²) in [5.74, 6) is 0.962. The van der Waals surface area contributed by atoms with Gasteiger partial charge < -0.3 is 0 Å². The first-order valence-electron chi connectivity index (χ1n) is 7.63. The van der Waals surface area contributed by atoms with Gasteiger partial charge >= 0.3 is 0 Å². The lowest BCUT2D eigenvalue weighted by Crippen LogP contribution is -2.37. The lowest BCUT2D eigenvalue weighted by Gasteiger charge is -2.29. The maximum atomic E-state index is 12.6. The molecule has 1 aliphatic carbocycles. The summed E-state index contributed by atoms with van der Waals surface area (Å²) in [4.78, 5) is 0. The second-order valence-electron chi connectivity index (χ2n) is 5.99. The van der Waals surface area contributed by atoms with Crippen molar-refractivity contribution in [2.24, 2.45) is 0 Å². The molecule has 4 rings (SSSR count). The Bertz CT molecular complexity index is 805. The van der Waals surface area contributed by atoms with Crippen LogP contribution in [0, 0.1) is 0 Å². The second-order valence-corrected chi connectivity index (χ2v) is 10.9. The first-order chi connectivity index (χ1) is 11.0. The molecule has 3 heterocycles. The van der Waals surface area contributed by atoms with Crippen molar-refractivity contribution in [2.45, 2.75) is 41.7 Å². The van der Waals surface area contributed by atoms with E-state index in [1.54, 1.807) is 27.8 Å². The van der Waals surface area contributed by atoms with Crippen LogP contribution in [0.15, 0.2) is 16.3 Å². The third kappa shape index (κ3) is 3.19. The van der Waals surface area contributed by atoms with Crippen LogP contribution in [0.3, 0.4) is 0 Å². The Hall–Kier alpha value is -0.540. The maximum Gasteiger partial charge on any atom is 0.252 e. The van der Waals surface area contributed by atoms with E-state index in [1.807, 2.05) is 0 Å². The monoisotopic (exact) mass is 389 g/mol. The van der Waals surface area contributed by atoms with Gasteiger partial charge in [0.1, 0.15) is 14.2 Å². The molecule has 23 heavy (non-hydrogen) atoms. The Morgan fingerprint density at radius 1 is 1.00 bits per heavy atom. The van der Waals surface area contributed by atoms with Crippen molar-refractivity contribution < 1.29 is 8.42 Å². The zero-order valence-corrected chi connectivity index (χ0v) is 15.5. The molecule has 0 spiro atoms. The number of piperidine rings is 1. The second kappa shape index (κ2) is 6.07. The van der Waals surface area contributed by atoms with Crippen molar-refractivity contribution in [3.63, 3.8) is 0 Å². The summed E-state index contributed by atoms with van der Waals surface area (Å²) in [6.07, 6.45) is 4.07. The summed E-state index contributed by atoms with van der Waals surface area (Å²) in [5.41, 5.74) is 0. The highest BCUT2D eigenvalue weighted by molar-refractivity contribution is 7.91. The fraction of sp³-hybridized carbons (Fsp3) is 0.571. The van der Waals surface area contributed by atoms with Crippen LogP contribution in [-0.4, -0.2) is 36.0 Å². The fourth-order valence-corrected chi connectivity index (χ4v) is 7.10. The molecule has 0 amide bonds. The molecule has 9 heteroatoms. The topological polar surface area (TPSA) is 63.2 Å². The third-order valence-electron chi connectivity index (χ3n) is 4.33. The van der Waals surface area contributed by atoms with E-state index >= 15 is 0 Å². The first kappa shape index (κ1) is 16.0. The molecular formula is C14H16ClN3O2S3. The van der Waals surface area contributed by atoms with Gasteiger partial charge in [-0.3, -0.25) is 0 Å². The average Bonchev–Trinajstić information content (AvgIpc) is 3.10. The van der Waals surface area contributed by atoms with Gasteiger partial charge in [0.25, 0.3) is 10.0 Å². The summed E-state index contributed by atoms with van der Waals surface area (Å²) in [6.45, 7) is 1.06. The van der Waals surface area contributed by atoms with Crippen molar-refractivity contribution in [3.8, 4) is 0 Å². The van der Waals surface area contributed by atoms with Crippen molar-refractivity contribution >= 4 is 44.3 Å². The van der Waals surface area contributed by atoms with Crippen LogP contribution in [0.5, 0.6) is 0 Å². The van der Waals surface area contributed by atoms with Gasteiger partial charge in [-0.15, -0.1) is 32.9 Å². The van der Waals surface area contributed by atoms with E-state index in [2.05, 4.69) is 10.2 Å². The SMILES string of the molecule is O=S(=O)(c1ccc(Cl)s1)N1CCC(c2nnc(C3CC3)s2)CC1. The summed E-state index contributed by atoms with van der Waals surface area (Å²) < 4.78 is 27.6. The van der Waals surface area contributed by atoms with E-state index < -0.39 is 10.0 Å². The minimum absolute atomic E-state index is 0.327. The summed E-state index contributed by atoms with van der Waals surface area (Å²) in [7, 11) is -3.41. The van der Waals surface area contributed by atoms with Crippen LogP contribution in [0.2, 0.25) is 4.34 Å².